The van der Waals surface area contributed by atoms with Crippen LogP contribution in [0.15, 0.2) is 4.60 Å². The van der Waals surface area contributed by atoms with Gasteiger partial charge in [0.1, 0.15) is 10.3 Å². The molecule has 0 spiro atoms. The van der Waals surface area contributed by atoms with E-state index in [2.05, 4.69) is 21.0 Å². The number of rotatable bonds is 2. The average molecular weight is 247 g/mol. The quantitative estimate of drug-likeness (QED) is 0.746. The molecule has 0 aliphatic heterocycles. The summed E-state index contributed by atoms with van der Waals surface area (Å²) < 4.78 is 7.07. The molecule has 5 heteroatoms. The Kier molecular flexibility index (Phi) is 3.08. The summed E-state index contributed by atoms with van der Waals surface area (Å²) in [4.78, 5) is 11.4. The molecule has 0 unspecified atom stereocenters. The van der Waals surface area contributed by atoms with Gasteiger partial charge in [-0.2, -0.15) is 5.10 Å². The van der Waals surface area contributed by atoms with Crippen LogP contribution in [0.1, 0.15) is 23.0 Å². The highest BCUT2D eigenvalue weighted by Crippen LogP contribution is 2.18. The first-order valence-corrected chi connectivity index (χ1v) is 4.73. The molecule has 0 fully saturated rings. The molecule has 0 N–H and O–H groups in total. The second kappa shape index (κ2) is 3.91. The Bertz CT molecular complexity index is 333. The van der Waals surface area contributed by atoms with Gasteiger partial charge in [-0.1, -0.05) is 0 Å². The minimum absolute atomic E-state index is 0.333. The largest absolute Gasteiger partial charge is 0.461 e. The zero-order chi connectivity index (χ0) is 10.0. The van der Waals surface area contributed by atoms with Crippen molar-refractivity contribution in [2.45, 2.75) is 13.8 Å². The van der Waals surface area contributed by atoms with E-state index in [-0.39, 0.29) is 5.97 Å². The number of ether oxygens (including phenoxy) is 1. The van der Waals surface area contributed by atoms with Gasteiger partial charge in [0.05, 0.1) is 6.61 Å². The number of carbonyl (C=O) groups is 1. The van der Waals surface area contributed by atoms with E-state index < -0.39 is 0 Å². The molecular formula is C8H11BrN2O2. The SMILES string of the molecule is CCOC(=O)c1c(C)c(Br)nn1C. The third-order valence-electron chi connectivity index (χ3n) is 1.69. The standard InChI is InChI=1S/C8H11BrN2O2/c1-4-13-8(12)6-5(2)7(9)10-11(6)3/h4H2,1-3H3. The van der Waals surface area contributed by atoms with Gasteiger partial charge in [-0.15, -0.1) is 0 Å². The van der Waals surface area contributed by atoms with Crippen molar-refractivity contribution in [3.63, 3.8) is 0 Å². The third-order valence-corrected chi connectivity index (χ3v) is 2.45. The van der Waals surface area contributed by atoms with Gasteiger partial charge in [0.15, 0.2) is 0 Å². The number of hydrogen-bond acceptors (Lipinski definition) is 3. The van der Waals surface area contributed by atoms with E-state index >= 15 is 0 Å². The lowest BCUT2D eigenvalue weighted by Crippen LogP contribution is -2.11. The lowest BCUT2D eigenvalue weighted by molar-refractivity contribution is 0.0513. The van der Waals surface area contributed by atoms with E-state index in [9.17, 15) is 4.79 Å². The van der Waals surface area contributed by atoms with Crippen molar-refractivity contribution >= 4 is 21.9 Å². The Labute approximate surface area is 85.0 Å². The summed E-state index contributed by atoms with van der Waals surface area (Å²) in [6.07, 6.45) is 0. The van der Waals surface area contributed by atoms with Gasteiger partial charge in [0, 0.05) is 12.6 Å². The molecule has 1 heterocycles. The van der Waals surface area contributed by atoms with Crippen molar-refractivity contribution in [3.8, 4) is 0 Å². The van der Waals surface area contributed by atoms with Gasteiger partial charge >= 0.3 is 5.97 Å². The van der Waals surface area contributed by atoms with Crippen LogP contribution in [0.25, 0.3) is 0 Å². The Morgan fingerprint density at radius 2 is 2.31 bits per heavy atom. The molecule has 0 radical (unpaired) electrons. The van der Waals surface area contributed by atoms with Crippen molar-refractivity contribution in [2.75, 3.05) is 6.61 Å². The molecule has 0 atom stereocenters. The molecule has 1 rings (SSSR count). The van der Waals surface area contributed by atoms with E-state index in [0.717, 1.165) is 5.56 Å². The van der Waals surface area contributed by atoms with Crippen molar-refractivity contribution in [1.82, 2.24) is 9.78 Å². The molecule has 0 aliphatic carbocycles. The van der Waals surface area contributed by atoms with Crippen LogP contribution in [0.4, 0.5) is 0 Å². The minimum Gasteiger partial charge on any atom is -0.461 e. The Balaban J connectivity index is 3.06. The second-order valence-corrected chi connectivity index (χ2v) is 3.36. The van der Waals surface area contributed by atoms with Crippen molar-refractivity contribution in [1.29, 1.82) is 0 Å². The highest BCUT2D eigenvalue weighted by Gasteiger charge is 2.18. The number of halogens is 1. The van der Waals surface area contributed by atoms with Crippen LogP contribution in [-0.2, 0) is 11.8 Å². The zero-order valence-electron chi connectivity index (χ0n) is 7.80. The normalized spacial score (nSPS) is 10.2. The molecule has 72 valence electrons. The van der Waals surface area contributed by atoms with Crippen LogP contribution in [-0.4, -0.2) is 22.4 Å². The fraction of sp³-hybridized carbons (Fsp3) is 0.500. The highest BCUT2D eigenvalue weighted by molar-refractivity contribution is 9.10. The van der Waals surface area contributed by atoms with Crippen LogP contribution < -0.4 is 0 Å². The molecule has 0 aromatic carbocycles. The van der Waals surface area contributed by atoms with Gasteiger partial charge < -0.3 is 4.74 Å². The van der Waals surface area contributed by atoms with Crippen molar-refractivity contribution in [3.05, 3.63) is 15.9 Å². The van der Waals surface area contributed by atoms with Gasteiger partial charge in [-0.3, -0.25) is 4.68 Å². The maximum Gasteiger partial charge on any atom is 0.356 e. The van der Waals surface area contributed by atoms with Crippen LogP contribution in [0.3, 0.4) is 0 Å². The lowest BCUT2D eigenvalue weighted by Gasteiger charge is -2.02. The maximum absolute atomic E-state index is 11.4. The number of carbonyl (C=O) groups excluding carboxylic acids is 1. The smallest absolute Gasteiger partial charge is 0.356 e. The molecule has 1 aromatic heterocycles. The van der Waals surface area contributed by atoms with Gasteiger partial charge in [0.25, 0.3) is 0 Å². The molecule has 13 heavy (non-hydrogen) atoms. The monoisotopic (exact) mass is 246 g/mol. The molecule has 0 aliphatic rings. The fourth-order valence-electron chi connectivity index (χ4n) is 1.08. The van der Waals surface area contributed by atoms with Crippen LogP contribution in [0.2, 0.25) is 0 Å². The third kappa shape index (κ3) is 1.91. The van der Waals surface area contributed by atoms with Crippen LogP contribution in [0.5, 0.6) is 0 Å². The molecule has 0 saturated carbocycles. The van der Waals surface area contributed by atoms with E-state index in [1.165, 1.54) is 4.68 Å². The number of hydrogen-bond donors (Lipinski definition) is 0. The van der Waals surface area contributed by atoms with E-state index in [4.69, 9.17) is 4.74 Å². The summed E-state index contributed by atoms with van der Waals surface area (Å²) in [6, 6.07) is 0. The fourth-order valence-corrected chi connectivity index (χ4v) is 1.51. The Hall–Kier alpha value is -0.840. The number of aryl methyl sites for hydroxylation is 1. The number of esters is 1. The van der Waals surface area contributed by atoms with Crippen molar-refractivity contribution in [2.24, 2.45) is 7.05 Å². The first kappa shape index (κ1) is 10.2. The zero-order valence-corrected chi connectivity index (χ0v) is 9.38. The van der Waals surface area contributed by atoms with Gasteiger partial charge in [-0.05, 0) is 29.8 Å². The maximum atomic E-state index is 11.4. The summed E-state index contributed by atoms with van der Waals surface area (Å²) in [5.41, 5.74) is 1.30. The molecule has 4 nitrogen and oxygen atoms in total. The molecular weight excluding hydrogens is 236 g/mol. The molecule has 0 saturated heterocycles. The van der Waals surface area contributed by atoms with Crippen LogP contribution in [0, 0.1) is 6.92 Å². The summed E-state index contributed by atoms with van der Waals surface area (Å²) in [6.45, 7) is 3.98. The van der Waals surface area contributed by atoms with Gasteiger partial charge in [0.2, 0.25) is 0 Å². The van der Waals surface area contributed by atoms with E-state index in [0.29, 0.717) is 16.9 Å². The van der Waals surface area contributed by atoms with E-state index in [1.807, 2.05) is 6.92 Å². The summed E-state index contributed by atoms with van der Waals surface area (Å²) in [5.74, 6) is -0.333. The summed E-state index contributed by atoms with van der Waals surface area (Å²) >= 11 is 3.25. The highest BCUT2D eigenvalue weighted by atomic mass is 79.9. The molecule has 1 aromatic rings. The number of nitrogens with zero attached hydrogens (tertiary/aromatic N) is 2. The predicted molar refractivity (Wildman–Crippen MR) is 51.6 cm³/mol. The minimum atomic E-state index is -0.333. The number of aromatic nitrogens is 2. The van der Waals surface area contributed by atoms with Crippen LogP contribution >= 0.6 is 15.9 Å². The topological polar surface area (TPSA) is 44.1 Å². The molecule has 0 bridgehead atoms. The summed E-state index contributed by atoms with van der Waals surface area (Å²) in [7, 11) is 1.71. The second-order valence-electron chi connectivity index (χ2n) is 2.61. The first-order chi connectivity index (χ1) is 6.07. The van der Waals surface area contributed by atoms with Gasteiger partial charge in [-0.25, -0.2) is 4.79 Å². The average Bonchev–Trinajstić information content (AvgIpc) is 2.27. The Morgan fingerprint density at radius 3 is 2.69 bits per heavy atom. The molecule has 0 amide bonds. The predicted octanol–water partition coefficient (Wildman–Crippen LogP) is 1.67. The first-order valence-electron chi connectivity index (χ1n) is 3.94. The van der Waals surface area contributed by atoms with E-state index in [1.54, 1.807) is 14.0 Å². The lowest BCUT2D eigenvalue weighted by atomic mass is 10.3. The Morgan fingerprint density at radius 1 is 1.69 bits per heavy atom. The summed E-state index contributed by atoms with van der Waals surface area (Å²) in [5, 5.41) is 4.05. The van der Waals surface area contributed by atoms with Crippen molar-refractivity contribution < 1.29 is 9.53 Å².